The fraction of sp³-hybridized carbons (Fsp3) is 0.556. The lowest BCUT2D eigenvalue weighted by Gasteiger charge is -2.30. The fourth-order valence-corrected chi connectivity index (χ4v) is 2.71. The number of carbonyl (C=O) groups excluding carboxylic acids is 1. The number of hydrogen-bond acceptors (Lipinski definition) is 2. The van der Waals surface area contributed by atoms with Gasteiger partial charge in [-0.2, -0.15) is 5.10 Å². The van der Waals surface area contributed by atoms with Crippen LogP contribution in [-0.2, 0) is 0 Å². The predicted octanol–water partition coefficient (Wildman–Crippen LogP) is 2.68. The van der Waals surface area contributed by atoms with Crippen LogP contribution in [0.2, 0.25) is 0 Å². The Balaban J connectivity index is 1.96. The highest BCUT2D eigenvalue weighted by molar-refractivity contribution is 14.1. The fourth-order valence-electron chi connectivity index (χ4n) is 1.82. The van der Waals surface area contributed by atoms with E-state index in [2.05, 4.69) is 33.9 Å². The van der Waals surface area contributed by atoms with Crippen molar-refractivity contribution in [2.24, 2.45) is 0 Å². The van der Waals surface area contributed by atoms with E-state index in [0.717, 1.165) is 25.9 Å². The van der Waals surface area contributed by atoms with Gasteiger partial charge in [0.15, 0.2) is 0 Å². The molecule has 1 aromatic rings. The van der Waals surface area contributed by atoms with Crippen LogP contribution in [0.15, 0.2) is 12.4 Å². The monoisotopic (exact) mass is 431 g/mol. The second-order valence-corrected chi connectivity index (χ2v) is 5.78. The molecule has 1 aliphatic rings. The van der Waals surface area contributed by atoms with Crippen molar-refractivity contribution >= 4 is 49.1 Å². The summed E-state index contributed by atoms with van der Waals surface area (Å²) in [4.78, 5) is 13.0. The quantitative estimate of drug-likeness (QED) is 0.390. The number of rotatable bonds is 1. The molecule has 1 saturated heterocycles. The second-order valence-electron chi connectivity index (χ2n) is 3.61. The minimum Gasteiger partial charge on any atom is -0.334 e. The number of piperidine rings is 1. The maximum Gasteiger partial charge on any atom is 0.283 e. The summed E-state index contributed by atoms with van der Waals surface area (Å²) < 4.78 is 3.35. The van der Waals surface area contributed by atoms with E-state index in [-0.39, 0.29) is 3.91 Å². The number of halogens is 2. The molecule has 6 heteroatoms. The van der Waals surface area contributed by atoms with E-state index >= 15 is 0 Å². The first-order valence-electron chi connectivity index (χ1n) is 4.81. The van der Waals surface area contributed by atoms with Gasteiger partial charge in [-0.05, 0) is 35.4 Å². The van der Waals surface area contributed by atoms with Crippen LogP contribution in [0.3, 0.4) is 0 Å². The van der Waals surface area contributed by atoms with Gasteiger partial charge in [-0.25, -0.2) is 0 Å². The average Bonchev–Trinajstić information content (AvgIpc) is 2.65. The van der Waals surface area contributed by atoms with E-state index in [1.807, 2.05) is 38.4 Å². The highest BCUT2D eigenvalue weighted by Crippen LogP contribution is 2.23. The lowest BCUT2D eigenvalue weighted by atomic mass is 10.1. The predicted molar refractivity (Wildman–Crippen MR) is 74.2 cm³/mol. The summed E-state index contributed by atoms with van der Waals surface area (Å²) in [5, 5.41) is 4.31. The first-order chi connectivity index (χ1) is 7.16. The van der Waals surface area contributed by atoms with Crippen molar-refractivity contribution in [3.63, 3.8) is 0 Å². The molecular weight excluding hydrogens is 420 g/mol. The van der Waals surface area contributed by atoms with E-state index in [1.54, 1.807) is 0 Å². The summed E-state index contributed by atoms with van der Waals surface area (Å²) in [6.07, 6.45) is 5.95. The standard InChI is InChI=1S/C9H11I2N3O/c10-7-5-12-14(6-7)8-1-3-13(4-2-8)9(11)15/h5-6,8H,1-4H2. The van der Waals surface area contributed by atoms with Gasteiger partial charge in [-0.15, -0.1) is 0 Å². The van der Waals surface area contributed by atoms with Gasteiger partial charge < -0.3 is 4.90 Å². The Morgan fingerprint density at radius 1 is 1.47 bits per heavy atom. The molecule has 1 fully saturated rings. The summed E-state index contributed by atoms with van der Waals surface area (Å²) in [5.74, 6) is 0. The van der Waals surface area contributed by atoms with Gasteiger partial charge in [0.2, 0.25) is 0 Å². The van der Waals surface area contributed by atoms with E-state index in [9.17, 15) is 4.79 Å². The Morgan fingerprint density at radius 2 is 2.13 bits per heavy atom. The van der Waals surface area contributed by atoms with Crippen molar-refractivity contribution in [1.29, 1.82) is 0 Å². The van der Waals surface area contributed by atoms with Crippen molar-refractivity contribution in [2.45, 2.75) is 18.9 Å². The van der Waals surface area contributed by atoms with E-state index in [0.29, 0.717) is 6.04 Å². The van der Waals surface area contributed by atoms with Crippen LogP contribution in [-0.4, -0.2) is 31.7 Å². The number of nitrogens with zero attached hydrogens (tertiary/aromatic N) is 3. The average molecular weight is 431 g/mol. The third kappa shape index (κ3) is 2.83. The van der Waals surface area contributed by atoms with Crippen LogP contribution in [0.1, 0.15) is 18.9 Å². The number of aromatic nitrogens is 2. The molecular formula is C9H11I2N3O. The molecule has 4 nitrogen and oxygen atoms in total. The summed E-state index contributed by atoms with van der Waals surface area (Å²) in [6.45, 7) is 1.70. The minimum absolute atomic E-state index is 0.154. The molecule has 0 aliphatic carbocycles. The molecule has 0 N–H and O–H groups in total. The lowest BCUT2D eigenvalue weighted by molar-refractivity contribution is 0.192. The van der Waals surface area contributed by atoms with Crippen molar-refractivity contribution in [3.8, 4) is 0 Å². The van der Waals surface area contributed by atoms with E-state index in [1.165, 1.54) is 3.57 Å². The summed E-state index contributed by atoms with van der Waals surface area (Å²) in [7, 11) is 0. The van der Waals surface area contributed by atoms with Crippen molar-refractivity contribution in [1.82, 2.24) is 14.7 Å². The van der Waals surface area contributed by atoms with Crippen LogP contribution < -0.4 is 0 Å². The molecule has 1 aliphatic heterocycles. The van der Waals surface area contributed by atoms with Gasteiger partial charge in [0, 0.05) is 41.9 Å². The lowest BCUT2D eigenvalue weighted by Crippen LogP contribution is -2.36. The van der Waals surface area contributed by atoms with Gasteiger partial charge in [0.1, 0.15) is 0 Å². The number of likely N-dealkylation sites (tertiary alicyclic amines) is 1. The summed E-state index contributed by atoms with van der Waals surface area (Å²) >= 11 is 4.11. The zero-order valence-corrected chi connectivity index (χ0v) is 12.4. The number of carbonyl (C=O) groups is 1. The van der Waals surface area contributed by atoms with Crippen molar-refractivity contribution < 1.29 is 4.79 Å². The number of hydrogen-bond donors (Lipinski definition) is 0. The van der Waals surface area contributed by atoms with Crippen LogP contribution >= 0.6 is 45.2 Å². The van der Waals surface area contributed by atoms with Crippen molar-refractivity contribution in [3.05, 3.63) is 16.0 Å². The molecule has 0 spiro atoms. The maximum atomic E-state index is 11.1. The molecule has 15 heavy (non-hydrogen) atoms. The number of amides is 1. The molecule has 2 heterocycles. The van der Waals surface area contributed by atoms with Crippen molar-refractivity contribution in [2.75, 3.05) is 13.1 Å². The van der Waals surface area contributed by atoms with Crippen LogP contribution in [0.4, 0.5) is 4.79 Å². The molecule has 82 valence electrons. The van der Waals surface area contributed by atoms with Gasteiger partial charge in [0.25, 0.3) is 3.91 Å². The second kappa shape index (κ2) is 4.98. The zero-order chi connectivity index (χ0) is 10.8. The molecule has 0 saturated carbocycles. The Kier molecular flexibility index (Phi) is 3.86. The maximum absolute atomic E-state index is 11.1. The normalized spacial score (nSPS) is 18.1. The summed E-state index contributed by atoms with van der Waals surface area (Å²) in [5.41, 5.74) is 0. The molecule has 2 rings (SSSR count). The minimum atomic E-state index is 0.154. The molecule has 0 radical (unpaired) electrons. The van der Waals surface area contributed by atoms with E-state index in [4.69, 9.17) is 0 Å². The third-order valence-electron chi connectivity index (χ3n) is 2.66. The largest absolute Gasteiger partial charge is 0.334 e. The molecule has 1 amide bonds. The topological polar surface area (TPSA) is 38.1 Å². The van der Waals surface area contributed by atoms with Gasteiger partial charge in [-0.1, -0.05) is 0 Å². The molecule has 0 unspecified atom stereocenters. The molecule has 0 bridgehead atoms. The van der Waals surface area contributed by atoms with Crippen LogP contribution in [0, 0.1) is 3.57 Å². The first kappa shape index (κ1) is 11.6. The SMILES string of the molecule is O=C(I)N1CCC(n2cc(I)cn2)CC1. The van der Waals surface area contributed by atoms with E-state index < -0.39 is 0 Å². The van der Waals surface area contributed by atoms with Crippen LogP contribution in [0.5, 0.6) is 0 Å². The van der Waals surface area contributed by atoms with Gasteiger partial charge in [-0.3, -0.25) is 9.48 Å². The smallest absolute Gasteiger partial charge is 0.283 e. The third-order valence-corrected chi connectivity index (χ3v) is 3.90. The molecule has 0 atom stereocenters. The molecule has 0 aromatic carbocycles. The highest BCUT2D eigenvalue weighted by atomic mass is 127. The zero-order valence-electron chi connectivity index (χ0n) is 8.07. The first-order valence-corrected chi connectivity index (χ1v) is 6.96. The molecule has 1 aromatic heterocycles. The summed E-state index contributed by atoms with van der Waals surface area (Å²) in [6, 6.07) is 0.459. The highest BCUT2D eigenvalue weighted by Gasteiger charge is 2.22. The Hall–Kier alpha value is 0.140. The van der Waals surface area contributed by atoms with Crippen LogP contribution in [0.25, 0.3) is 0 Å². The van der Waals surface area contributed by atoms with Gasteiger partial charge >= 0.3 is 0 Å². The van der Waals surface area contributed by atoms with Gasteiger partial charge in [0.05, 0.1) is 15.8 Å². The Labute approximate surface area is 116 Å². The Morgan fingerprint density at radius 3 is 2.60 bits per heavy atom. The Bertz CT molecular complexity index is 358.